The molecule has 0 heterocycles. The van der Waals surface area contributed by atoms with Crippen LogP contribution in [-0.2, 0) is 6.42 Å². The van der Waals surface area contributed by atoms with Gasteiger partial charge in [-0.25, -0.2) is 0 Å². The summed E-state index contributed by atoms with van der Waals surface area (Å²) in [6, 6.07) is 5.90. The molecule has 0 spiro atoms. The number of hydrogen-bond acceptors (Lipinski definition) is 0. The highest BCUT2D eigenvalue weighted by Gasteiger charge is 2.14. The van der Waals surface area contributed by atoms with Crippen molar-refractivity contribution in [1.29, 1.82) is 0 Å². The molecule has 0 nitrogen and oxygen atoms in total. The Bertz CT molecular complexity index is 329. The second kappa shape index (κ2) is 5.23. The van der Waals surface area contributed by atoms with Crippen molar-refractivity contribution in [3.63, 3.8) is 0 Å². The molecule has 0 radical (unpaired) electrons. The Labute approximate surface area is 103 Å². The number of hydrogen-bond donors (Lipinski definition) is 0. The molecule has 0 saturated carbocycles. The summed E-state index contributed by atoms with van der Waals surface area (Å²) < 4.78 is 0. The summed E-state index contributed by atoms with van der Waals surface area (Å²) in [6.07, 6.45) is 3.45. The fraction of sp³-hybridized carbons (Fsp3) is 0.538. The molecule has 1 aromatic rings. The zero-order valence-corrected chi connectivity index (χ0v) is 11.1. The summed E-state index contributed by atoms with van der Waals surface area (Å²) in [5, 5.41) is 1.29. The Morgan fingerprint density at radius 1 is 1.13 bits per heavy atom. The fourth-order valence-corrected chi connectivity index (χ4v) is 1.68. The molecule has 2 heteroatoms. The topological polar surface area (TPSA) is 0 Å². The van der Waals surface area contributed by atoms with Crippen molar-refractivity contribution in [1.82, 2.24) is 0 Å². The molecule has 0 fully saturated rings. The van der Waals surface area contributed by atoms with Gasteiger partial charge in [-0.3, -0.25) is 0 Å². The van der Waals surface area contributed by atoms with Crippen LogP contribution in [0.4, 0.5) is 0 Å². The average Bonchev–Trinajstić information content (AvgIpc) is 2.20. The van der Waals surface area contributed by atoms with E-state index in [1.54, 1.807) is 0 Å². The van der Waals surface area contributed by atoms with Gasteiger partial charge in [-0.2, -0.15) is 0 Å². The van der Waals surface area contributed by atoms with E-state index in [4.69, 9.17) is 23.2 Å². The molecule has 0 unspecified atom stereocenters. The normalized spacial score (nSPS) is 11.8. The van der Waals surface area contributed by atoms with E-state index in [-0.39, 0.29) is 0 Å². The molecule has 0 aliphatic heterocycles. The molecular weight excluding hydrogens is 227 g/mol. The molecule has 0 saturated heterocycles. The van der Waals surface area contributed by atoms with E-state index in [0.717, 1.165) is 6.42 Å². The van der Waals surface area contributed by atoms with Crippen LogP contribution in [0.2, 0.25) is 10.0 Å². The van der Waals surface area contributed by atoms with Crippen LogP contribution in [0, 0.1) is 5.41 Å². The monoisotopic (exact) mass is 244 g/mol. The van der Waals surface area contributed by atoms with Crippen LogP contribution in [0.1, 0.15) is 39.2 Å². The summed E-state index contributed by atoms with van der Waals surface area (Å²) in [5.41, 5.74) is 1.68. The van der Waals surface area contributed by atoms with Crippen molar-refractivity contribution >= 4 is 23.2 Å². The number of aryl methyl sites for hydroxylation is 1. The van der Waals surface area contributed by atoms with Crippen LogP contribution >= 0.6 is 23.2 Å². The van der Waals surface area contributed by atoms with Gasteiger partial charge in [0.2, 0.25) is 0 Å². The lowest BCUT2D eigenvalue weighted by molar-refractivity contribution is 0.322. The molecule has 0 bridgehead atoms. The van der Waals surface area contributed by atoms with Crippen LogP contribution in [0.5, 0.6) is 0 Å². The molecule has 1 aromatic carbocycles. The van der Waals surface area contributed by atoms with E-state index in [9.17, 15) is 0 Å². The maximum absolute atomic E-state index is 5.97. The maximum Gasteiger partial charge on any atom is 0.0595 e. The smallest absolute Gasteiger partial charge is 0.0595 e. The Balaban J connectivity index is 2.62. The van der Waals surface area contributed by atoms with E-state index in [1.165, 1.54) is 18.4 Å². The van der Waals surface area contributed by atoms with Gasteiger partial charge in [0.1, 0.15) is 0 Å². The quantitative estimate of drug-likeness (QED) is 0.669. The number of rotatable bonds is 4. The third-order valence-electron chi connectivity index (χ3n) is 3.03. The molecule has 0 N–H and O–H groups in total. The largest absolute Gasteiger partial charge is 0.0827 e. The lowest BCUT2D eigenvalue weighted by atomic mass is 9.84. The van der Waals surface area contributed by atoms with Crippen LogP contribution in [-0.4, -0.2) is 0 Å². The molecule has 0 aromatic heterocycles. The summed E-state index contributed by atoms with van der Waals surface area (Å²) in [6.45, 7) is 6.82. The second-order valence-corrected chi connectivity index (χ2v) is 5.58. The lowest BCUT2D eigenvalue weighted by Gasteiger charge is -2.22. The van der Waals surface area contributed by atoms with Crippen LogP contribution in [0.3, 0.4) is 0 Å². The molecule has 0 aliphatic carbocycles. The van der Waals surface area contributed by atoms with Gasteiger partial charge in [-0.1, -0.05) is 56.5 Å². The predicted molar refractivity (Wildman–Crippen MR) is 68.9 cm³/mol. The van der Waals surface area contributed by atoms with Crippen LogP contribution in [0.15, 0.2) is 18.2 Å². The number of halogens is 2. The highest BCUT2D eigenvalue weighted by molar-refractivity contribution is 6.42. The van der Waals surface area contributed by atoms with Crippen molar-refractivity contribution in [3.8, 4) is 0 Å². The van der Waals surface area contributed by atoms with E-state index >= 15 is 0 Å². The third-order valence-corrected chi connectivity index (χ3v) is 3.77. The molecule has 0 aliphatic rings. The van der Waals surface area contributed by atoms with Crippen molar-refractivity contribution in [2.45, 2.75) is 40.0 Å². The Morgan fingerprint density at radius 3 is 2.33 bits per heavy atom. The molecule has 0 atom stereocenters. The Hall–Kier alpha value is -0.200. The summed E-state index contributed by atoms with van der Waals surface area (Å²) in [4.78, 5) is 0. The van der Waals surface area contributed by atoms with Crippen molar-refractivity contribution < 1.29 is 0 Å². The highest BCUT2D eigenvalue weighted by Crippen LogP contribution is 2.28. The van der Waals surface area contributed by atoms with Gasteiger partial charge in [0.15, 0.2) is 0 Å². The van der Waals surface area contributed by atoms with Crippen molar-refractivity contribution in [2.24, 2.45) is 5.41 Å². The zero-order chi connectivity index (χ0) is 11.5. The van der Waals surface area contributed by atoms with Crippen molar-refractivity contribution in [2.75, 3.05) is 0 Å². The minimum atomic E-state index is 0.409. The minimum Gasteiger partial charge on any atom is -0.0827 e. The summed E-state index contributed by atoms with van der Waals surface area (Å²) in [7, 11) is 0. The maximum atomic E-state index is 5.97. The highest BCUT2D eigenvalue weighted by atomic mass is 35.5. The molecule has 0 amide bonds. The van der Waals surface area contributed by atoms with Gasteiger partial charge >= 0.3 is 0 Å². The van der Waals surface area contributed by atoms with Crippen LogP contribution < -0.4 is 0 Å². The van der Waals surface area contributed by atoms with E-state index < -0.39 is 0 Å². The van der Waals surface area contributed by atoms with Crippen molar-refractivity contribution in [3.05, 3.63) is 33.8 Å². The minimum absolute atomic E-state index is 0.409. The van der Waals surface area contributed by atoms with Gasteiger partial charge in [-0.05, 0) is 36.0 Å². The molecular formula is C13H18Cl2. The first-order chi connectivity index (χ1) is 6.94. The number of benzene rings is 1. The van der Waals surface area contributed by atoms with Gasteiger partial charge in [-0.15, -0.1) is 0 Å². The Kier molecular flexibility index (Phi) is 4.48. The standard InChI is InChI=1S/C13H18Cl2/c1-4-13(2,3)8-7-10-5-6-11(14)12(15)9-10/h5-6,9H,4,7-8H2,1-3H3. The van der Waals surface area contributed by atoms with Gasteiger partial charge in [0.25, 0.3) is 0 Å². The summed E-state index contributed by atoms with van der Waals surface area (Å²) in [5.74, 6) is 0. The van der Waals surface area contributed by atoms with Gasteiger partial charge in [0.05, 0.1) is 10.0 Å². The SMILES string of the molecule is CCC(C)(C)CCc1ccc(Cl)c(Cl)c1. The predicted octanol–water partition coefficient (Wildman–Crippen LogP) is 5.36. The fourth-order valence-electron chi connectivity index (χ4n) is 1.35. The summed E-state index contributed by atoms with van der Waals surface area (Å²) >= 11 is 11.8. The molecule has 1 rings (SSSR count). The molecule has 15 heavy (non-hydrogen) atoms. The first-order valence-corrected chi connectivity index (χ1v) is 6.14. The first kappa shape index (κ1) is 12.9. The van der Waals surface area contributed by atoms with Gasteiger partial charge < -0.3 is 0 Å². The zero-order valence-electron chi connectivity index (χ0n) is 9.61. The average molecular weight is 245 g/mol. The van der Waals surface area contributed by atoms with E-state index in [1.807, 2.05) is 12.1 Å². The Morgan fingerprint density at radius 2 is 1.80 bits per heavy atom. The second-order valence-electron chi connectivity index (χ2n) is 4.77. The third kappa shape index (κ3) is 4.04. The van der Waals surface area contributed by atoms with Gasteiger partial charge in [0, 0.05) is 0 Å². The van der Waals surface area contributed by atoms with E-state index in [2.05, 4.69) is 26.8 Å². The molecule has 84 valence electrons. The van der Waals surface area contributed by atoms with Crippen LogP contribution in [0.25, 0.3) is 0 Å². The lowest BCUT2D eigenvalue weighted by Crippen LogP contribution is -2.10. The van der Waals surface area contributed by atoms with E-state index in [0.29, 0.717) is 15.5 Å². The first-order valence-electron chi connectivity index (χ1n) is 5.38.